The summed E-state index contributed by atoms with van der Waals surface area (Å²) in [5.41, 5.74) is 1.15. The topological polar surface area (TPSA) is 41.9 Å². The summed E-state index contributed by atoms with van der Waals surface area (Å²) in [7, 11) is 0. The van der Waals surface area contributed by atoms with Gasteiger partial charge in [0.05, 0.1) is 0 Å². The number of nitrogens with zero attached hydrogens (tertiary/aromatic N) is 2. The zero-order chi connectivity index (χ0) is 12.9. The van der Waals surface area contributed by atoms with Crippen molar-refractivity contribution in [1.29, 1.82) is 0 Å². The lowest BCUT2D eigenvalue weighted by Gasteiger charge is -2.23. The van der Waals surface area contributed by atoms with Gasteiger partial charge >= 0.3 is 0 Å². The van der Waals surface area contributed by atoms with E-state index in [-0.39, 0.29) is 0 Å². The first-order chi connectivity index (χ1) is 9.43. The van der Waals surface area contributed by atoms with Crippen LogP contribution in [0.15, 0.2) is 42.7 Å². The maximum absolute atomic E-state index is 4.41. The normalized spacial score (nSPS) is 16.4. The largest absolute Gasteiger partial charge is 0.355 e. The molecule has 0 unspecified atom stereocenters. The van der Waals surface area contributed by atoms with Gasteiger partial charge in [0.25, 0.3) is 0 Å². The fourth-order valence-corrected chi connectivity index (χ4v) is 2.55. The van der Waals surface area contributed by atoms with Crippen molar-refractivity contribution in [1.82, 2.24) is 14.9 Å². The summed E-state index contributed by atoms with van der Waals surface area (Å²) in [6.07, 6.45) is 6.34. The Hall–Kier alpha value is -1.81. The van der Waals surface area contributed by atoms with Crippen LogP contribution in [0.3, 0.4) is 0 Å². The highest BCUT2D eigenvalue weighted by molar-refractivity contribution is 5.41. The van der Waals surface area contributed by atoms with Gasteiger partial charge in [-0.1, -0.05) is 18.2 Å². The number of nitrogens with one attached hydrogen (secondary N) is 2. The number of benzene rings is 1. The Kier molecular flexibility index (Phi) is 3.79. The van der Waals surface area contributed by atoms with Crippen LogP contribution >= 0.6 is 0 Å². The minimum Gasteiger partial charge on any atom is -0.355 e. The predicted molar refractivity (Wildman–Crippen MR) is 77.6 cm³/mol. The van der Waals surface area contributed by atoms with Crippen molar-refractivity contribution in [3.63, 3.8) is 0 Å². The number of piperidine rings is 1. The molecule has 0 bridgehead atoms. The number of imidazole rings is 1. The number of para-hydroxylation sites is 1. The van der Waals surface area contributed by atoms with Crippen molar-refractivity contribution in [2.24, 2.45) is 5.92 Å². The summed E-state index contributed by atoms with van der Waals surface area (Å²) in [5, 5.41) is 6.88. The Morgan fingerprint density at radius 1 is 1.21 bits per heavy atom. The summed E-state index contributed by atoms with van der Waals surface area (Å²) in [6, 6.07) is 10.3. The zero-order valence-electron chi connectivity index (χ0n) is 11.0. The van der Waals surface area contributed by atoms with Crippen LogP contribution in [0.25, 0.3) is 5.69 Å². The molecule has 2 heterocycles. The standard InChI is InChI=1S/C15H20N4/c1-2-4-14(5-3-1)19-11-10-17-15(19)18-12-13-6-8-16-9-7-13/h1-5,10-11,13,16H,6-9,12H2,(H,17,18). The molecule has 0 amide bonds. The summed E-state index contributed by atoms with van der Waals surface area (Å²) in [6.45, 7) is 3.28. The Labute approximate surface area is 113 Å². The van der Waals surface area contributed by atoms with E-state index in [1.807, 2.05) is 30.6 Å². The van der Waals surface area contributed by atoms with Gasteiger partial charge in [0.1, 0.15) is 0 Å². The van der Waals surface area contributed by atoms with Crippen molar-refractivity contribution in [3.8, 4) is 5.69 Å². The van der Waals surface area contributed by atoms with E-state index in [4.69, 9.17) is 0 Å². The van der Waals surface area contributed by atoms with Gasteiger partial charge < -0.3 is 10.6 Å². The molecule has 4 nitrogen and oxygen atoms in total. The first-order valence-electron chi connectivity index (χ1n) is 6.97. The zero-order valence-corrected chi connectivity index (χ0v) is 11.0. The van der Waals surface area contributed by atoms with Crippen molar-refractivity contribution in [2.45, 2.75) is 12.8 Å². The van der Waals surface area contributed by atoms with Gasteiger partial charge in [-0.25, -0.2) is 4.98 Å². The van der Waals surface area contributed by atoms with Gasteiger partial charge in [0, 0.05) is 24.6 Å². The van der Waals surface area contributed by atoms with Crippen molar-refractivity contribution < 1.29 is 0 Å². The van der Waals surface area contributed by atoms with E-state index in [1.54, 1.807) is 0 Å². The van der Waals surface area contributed by atoms with E-state index in [1.165, 1.54) is 12.8 Å². The summed E-state index contributed by atoms with van der Waals surface area (Å²) < 4.78 is 2.10. The molecule has 0 atom stereocenters. The summed E-state index contributed by atoms with van der Waals surface area (Å²) >= 11 is 0. The van der Waals surface area contributed by atoms with Crippen LogP contribution in [0.5, 0.6) is 0 Å². The smallest absolute Gasteiger partial charge is 0.207 e. The molecule has 1 saturated heterocycles. The maximum atomic E-state index is 4.41. The lowest BCUT2D eigenvalue weighted by Crippen LogP contribution is -2.31. The van der Waals surface area contributed by atoms with E-state index in [0.29, 0.717) is 0 Å². The maximum Gasteiger partial charge on any atom is 0.207 e. The SMILES string of the molecule is c1ccc(-n2ccnc2NCC2CCNCC2)cc1. The molecule has 4 heteroatoms. The van der Waals surface area contributed by atoms with Crippen molar-refractivity contribution in [3.05, 3.63) is 42.7 Å². The third-order valence-electron chi connectivity index (χ3n) is 3.68. The molecule has 100 valence electrons. The molecule has 0 spiro atoms. The molecule has 1 aromatic heterocycles. The number of aromatic nitrogens is 2. The van der Waals surface area contributed by atoms with Gasteiger partial charge in [-0.15, -0.1) is 0 Å². The molecule has 0 saturated carbocycles. The molecular formula is C15H20N4. The van der Waals surface area contributed by atoms with Gasteiger partial charge in [-0.3, -0.25) is 4.57 Å². The number of anilines is 1. The molecule has 0 aliphatic carbocycles. The molecular weight excluding hydrogens is 236 g/mol. The lowest BCUT2D eigenvalue weighted by atomic mass is 9.98. The second-order valence-corrected chi connectivity index (χ2v) is 5.03. The molecule has 0 radical (unpaired) electrons. The van der Waals surface area contributed by atoms with Crippen LogP contribution in [0, 0.1) is 5.92 Å². The molecule has 2 aromatic rings. The van der Waals surface area contributed by atoms with Gasteiger partial charge in [-0.2, -0.15) is 0 Å². The fraction of sp³-hybridized carbons (Fsp3) is 0.400. The van der Waals surface area contributed by atoms with Crippen LogP contribution < -0.4 is 10.6 Å². The van der Waals surface area contributed by atoms with E-state index < -0.39 is 0 Å². The first-order valence-corrected chi connectivity index (χ1v) is 6.97. The fourth-order valence-electron chi connectivity index (χ4n) is 2.55. The average Bonchev–Trinajstić information content (AvgIpc) is 2.95. The lowest BCUT2D eigenvalue weighted by molar-refractivity contribution is 0.389. The van der Waals surface area contributed by atoms with Crippen LogP contribution in [0.2, 0.25) is 0 Å². The highest BCUT2D eigenvalue weighted by atomic mass is 15.2. The summed E-state index contributed by atoms with van der Waals surface area (Å²) in [4.78, 5) is 4.41. The third-order valence-corrected chi connectivity index (χ3v) is 3.68. The molecule has 19 heavy (non-hydrogen) atoms. The van der Waals surface area contributed by atoms with Crippen LogP contribution in [0.4, 0.5) is 5.95 Å². The average molecular weight is 256 g/mol. The molecule has 3 rings (SSSR count). The highest BCUT2D eigenvalue weighted by Crippen LogP contribution is 2.16. The Morgan fingerprint density at radius 3 is 2.79 bits per heavy atom. The predicted octanol–water partition coefficient (Wildman–Crippen LogP) is 2.28. The number of rotatable bonds is 4. The minimum absolute atomic E-state index is 0.752. The second-order valence-electron chi connectivity index (χ2n) is 5.03. The van der Waals surface area contributed by atoms with Crippen molar-refractivity contribution in [2.75, 3.05) is 25.0 Å². The van der Waals surface area contributed by atoms with E-state index in [9.17, 15) is 0 Å². The molecule has 1 aliphatic rings. The van der Waals surface area contributed by atoms with E-state index >= 15 is 0 Å². The van der Waals surface area contributed by atoms with Crippen LogP contribution in [-0.2, 0) is 0 Å². The summed E-state index contributed by atoms with van der Waals surface area (Å²) in [5.74, 6) is 1.69. The first kappa shape index (κ1) is 12.2. The van der Waals surface area contributed by atoms with E-state index in [2.05, 4.69) is 32.3 Å². The number of hydrogen-bond acceptors (Lipinski definition) is 3. The van der Waals surface area contributed by atoms with Gasteiger partial charge in [-0.05, 0) is 44.0 Å². The van der Waals surface area contributed by atoms with Crippen molar-refractivity contribution >= 4 is 5.95 Å². The highest BCUT2D eigenvalue weighted by Gasteiger charge is 2.13. The Bertz CT molecular complexity index is 500. The molecule has 2 N–H and O–H groups in total. The molecule has 1 fully saturated rings. The molecule has 1 aliphatic heterocycles. The second kappa shape index (κ2) is 5.89. The Morgan fingerprint density at radius 2 is 2.00 bits per heavy atom. The van der Waals surface area contributed by atoms with E-state index in [0.717, 1.165) is 37.2 Å². The molecule has 1 aromatic carbocycles. The van der Waals surface area contributed by atoms with Gasteiger partial charge in [0.2, 0.25) is 5.95 Å². The van der Waals surface area contributed by atoms with Crippen LogP contribution in [-0.4, -0.2) is 29.2 Å². The monoisotopic (exact) mass is 256 g/mol. The third kappa shape index (κ3) is 2.96. The van der Waals surface area contributed by atoms with Gasteiger partial charge in [0.15, 0.2) is 0 Å². The number of hydrogen-bond donors (Lipinski definition) is 2. The quantitative estimate of drug-likeness (QED) is 0.882. The van der Waals surface area contributed by atoms with Crippen LogP contribution in [0.1, 0.15) is 12.8 Å². The Balaban J connectivity index is 1.67. The minimum atomic E-state index is 0.752.